The van der Waals surface area contributed by atoms with Crippen LogP contribution < -0.4 is 16.1 Å². The van der Waals surface area contributed by atoms with E-state index in [4.69, 9.17) is 0 Å². The van der Waals surface area contributed by atoms with Crippen LogP contribution in [-0.2, 0) is 24.2 Å². The van der Waals surface area contributed by atoms with Crippen LogP contribution in [0.3, 0.4) is 0 Å². The summed E-state index contributed by atoms with van der Waals surface area (Å²) in [5.74, 6) is 0.489. The predicted molar refractivity (Wildman–Crippen MR) is 120 cm³/mol. The zero-order valence-corrected chi connectivity index (χ0v) is 17.7. The summed E-state index contributed by atoms with van der Waals surface area (Å²) in [7, 11) is 0. The molecular weight excluding hydrogens is 392 g/mol. The van der Waals surface area contributed by atoms with Crippen LogP contribution in [0.5, 0.6) is 0 Å². The average Bonchev–Trinajstić information content (AvgIpc) is 3.16. The molecule has 0 radical (unpaired) electrons. The van der Waals surface area contributed by atoms with Crippen LogP contribution in [0.2, 0.25) is 0 Å². The Kier molecular flexibility index (Phi) is 6.47. The van der Waals surface area contributed by atoms with Gasteiger partial charge >= 0.3 is 6.03 Å². The van der Waals surface area contributed by atoms with Gasteiger partial charge in [-0.25, -0.2) is 9.80 Å². The molecule has 2 aromatic carbocycles. The van der Waals surface area contributed by atoms with Crippen molar-refractivity contribution >= 4 is 28.5 Å². The summed E-state index contributed by atoms with van der Waals surface area (Å²) in [6.07, 6.45) is 2.95. The lowest BCUT2D eigenvalue weighted by atomic mass is 10.0. The summed E-state index contributed by atoms with van der Waals surface area (Å²) in [6, 6.07) is 13.8. The second-order valence-corrected chi connectivity index (χ2v) is 7.78. The maximum Gasteiger partial charge on any atom is 0.329 e. The van der Waals surface area contributed by atoms with E-state index in [1.165, 1.54) is 0 Å². The number of urea groups is 1. The van der Waals surface area contributed by atoms with Gasteiger partial charge in [0, 0.05) is 31.6 Å². The molecule has 0 fully saturated rings. The number of nitrogens with zero attached hydrogens (tertiary/aromatic N) is 2. The first-order chi connectivity index (χ1) is 15.1. The number of anilines is 1. The highest BCUT2D eigenvalue weighted by Gasteiger charge is 2.24. The van der Waals surface area contributed by atoms with Gasteiger partial charge in [0.15, 0.2) is 0 Å². The number of fused-ring (bicyclic) bond motifs is 2. The van der Waals surface area contributed by atoms with Crippen molar-refractivity contribution in [2.75, 3.05) is 18.4 Å². The number of carbonyl (C=O) groups excluding carboxylic acids is 2. The Morgan fingerprint density at radius 2 is 2.00 bits per heavy atom. The maximum absolute atomic E-state index is 12.8. The van der Waals surface area contributed by atoms with Crippen LogP contribution in [0, 0.1) is 0 Å². The van der Waals surface area contributed by atoms with E-state index in [1.807, 2.05) is 47.5 Å². The maximum atomic E-state index is 12.8. The molecule has 0 spiro atoms. The standard InChI is InChI=1S/C23H28N6O2/c1-2-3-12-24-23(31)28-29-13-11-20-19(15-29)22(27-26-20)25-21(30)14-17-9-6-8-16-7-4-5-10-18(16)17/h4-10H,2-3,11-15H2,1H3,(H2,24,28,31)(H2,25,26,27,30). The molecule has 1 aromatic heterocycles. The monoisotopic (exact) mass is 420 g/mol. The van der Waals surface area contributed by atoms with Crippen molar-refractivity contribution in [3.63, 3.8) is 0 Å². The smallest absolute Gasteiger partial charge is 0.329 e. The van der Waals surface area contributed by atoms with E-state index in [9.17, 15) is 9.59 Å². The van der Waals surface area contributed by atoms with Crippen LogP contribution in [0.15, 0.2) is 42.5 Å². The first-order valence-electron chi connectivity index (χ1n) is 10.8. The van der Waals surface area contributed by atoms with Crippen LogP contribution in [0.25, 0.3) is 10.8 Å². The number of unbranched alkanes of at least 4 members (excludes halogenated alkanes) is 1. The van der Waals surface area contributed by atoms with Crippen molar-refractivity contribution in [3.8, 4) is 0 Å². The molecule has 4 rings (SSSR count). The number of hydrogen-bond acceptors (Lipinski definition) is 4. The van der Waals surface area contributed by atoms with Crippen molar-refractivity contribution < 1.29 is 9.59 Å². The summed E-state index contributed by atoms with van der Waals surface area (Å²) in [4.78, 5) is 24.8. The molecule has 0 unspecified atom stereocenters. The highest BCUT2D eigenvalue weighted by molar-refractivity contribution is 5.96. The third-order valence-electron chi connectivity index (χ3n) is 5.49. The molecule has 0 bridgehead atoms. The van der Waals surface area contributed by atoms with Gasteiger partial charge in [0.2, 0.25) is 5.91 Å². The second-order valence-electron chi connectivity index (χ2n) is 7.78. The van der Waals surface area contributed by atoms with Gasteiger partial charge < -0.3 is 10.6 Å². The number of aromatic amines is 1. The first-order valence-corrected chi connectivity index (χ1v) is 10.8. The Morgan fingerprint density at radius 1 is 1.16 bits per heavy atom. The fourth-order valence-corrected chi connectivity index (χ4v) is 3.85. The van der Waals surface area contributed by atoms with Gasteiger partial charge in [-0.15, -0.1) is 0 Å². The number of carbonyl (C=O) groups is 2. The minimum atomic E-state index is -0.207. The molecule has 0 aliphatic carbocycles. The molecule has 162 valence electrons. The Bertz CT molecular complexity index is 1070. The van der Waals surface area contributed by atoms with Crippen molar-refractivity contribution in [1.29, 1.82) is 0 Å². The van der Waals surface area contributed by atoms with Gasteiger partial charge in [0.25, 0.3) is 0 Å². The lowest BCUT2D eigenvalue weighted by Gasteiger charge is -2.27. The molecule has 4 N–H and O–H groups in total. The summed E-state index contributed by atoms with van der Waals surface area (Å²) in [6.45, 7) is 3.89. The largest absolute Gasteiger partial charge is 0.337 e. The lowest BCUT2D eigenvalue weighted by Crippen LogP contribution is -2.49. The number of benzene rings is 2. The third kappa shape index (κ3) is 5.03. The summed E-state index contributed by atoms with van der Waals surface area (Å²) in [5.41, 5.74) is 5.69. The first kappa shape index (κ1) is 20.9. The Hall–Kier alpha value is -3.39. The van der Waals surface area contributed by atoms with Crippen LogP contribution in [0.1, 0.15) is 36.6 Å². The van der Waals surface area contributed by atoms with Gasteiger partial charge in [0.1, 0.15) is 5.82 Å². The number of hydrazine groups is 1. The third-order valence-corrected chi connectivity index (χ3v) is 5.49. The normalized spacial score (nSPS) is 13.6. The number of rotatable bonds is 7. The summed E-state index contributed by atoms with van der Waals surface area (Å²) >= 11 is 0. The summed E-state index contributed by atoms with van der Waals surface area (Å²) < 4.78 is 0. The van der Waals surface area contributed by atoms with Gasteiger partial charge in [-0.3, -0.25) is 15.3 Å². The van der Waals surface area contributed by atoms with Crippen molar-refractivity contribution in [3.05, 3.63) is 59.3 Å². The molecule has 1 aliphatic rings. The number of hydrogen-bond donors (Lipinski definition) is 4. The Balaban J connectivity index is 1.39. The van der Waals surface area contributed by atoms with Crippen LogP contribution in [0.4, 0.5) is 10.6 Å². The molecule has 8 heteroatoms. The van der Waals surface area contributed by atoms with E-state index in [-0.39, 0.29) is 18.4 Å². The number of aromatic nitrogens is 2. The molecule has 2 heterocycles. The van der Waals surface area contributed by atoms with Crippen molar-refractivity contribution in [2.45, 2.75) is 39.2 Å². The highest BCUT2D eigenvalue weighted by atomic mass is 16.2. The second kappa shape index (κ2) is 9.61. The highest BCUT2D eigenvalue weighted by Crippen LogP contribution is 2.24. The molecule has 3 amide bonds. The molecular formula is C23H28N6O2. The van der Waals surface area contributed by atoms with Gasteiger partial charge in [-0.2, -0.15) is 5.10 Å². The number of nitrogens with one attached hydrogen (secondary N) is 4. The molecule has 0 atom stereocenters. The van der Waals surface area contributed by atoms with Crippen LogP contribution in [-0.4, -0.2) is 40.2 Å². The quantitative estimate of drug-likeness (QED) is 0.441. The molecule has 3 aromatic rings. The molecule has 31 heavy (non-hydrogen) atoms. The molecule has 1 aliphatic heterocycles. The molecule has 0 saturated carbocycles. The fourth-order valence-electron chi connectivity index (χ4n) is 3.85. The fraction of sp³-hybridized carbons (Fsp3) is 0.348. The molecule has 8 nitrogen and oxygen atoms in total. The minimum Gasteiger partial charge on any atom is -0.337 e. The SMILES string of the molecule is CCCCNC(=O)NN1CCc2n[nH]c(NC(=O)Cc3cccc4ccccc34)c2C1. The van der Waals surface area contributed by atoms with Gasteiger partial charge in [-0.1, -0.05) is 55.8 Å². The van der Waals surface area contributed by atoms with E-state index in [2.05, 4.69) is 33.2 Å². The average molecular weight is 421 g/mol. The van der Waals surface area contributed by atoms with E-state index in [1.54, 1.807) is 0 Å². The summed E-state index contributed by atoms with van der Waals surface area (Å²) in [5, 5.41) is 17.2. The zero-order chi connectivity index (χ0) is 21.6. The molecule has 0 saturated heterocycles. The topological polar surface area (TPSA) is 102 Å². The Morgan fingerprint density at radius 3 is 2.87 bits per heavy atom. The zero-order valence-electron chi connectivity index (χ0n) is 17.7. The lowest BCUT2D eigenvalue weighted by molar-refractivity contribution is -0.115. The minimum absolute atomic E-state index is 0.106. The van der Waals surface area contributed by atoms with Gasteiger partial charge in [0.05, 0.1) is 12.1 Å². The van der Waals surface area contributed by atoms with Crippen molar-refractivity contribution in [1.82, 2.24) is 25.9 Å². The van der Waals surface area contributed by atoms with E-state index in [0.717, 1.165) is 40.4 Å². The van der Waals surface area contributed by atoms with Crippen molar-refractivity contribution in [2.24, 2.45) is 0 Å². The number of amides is 3. The van der Waals surface area contributed by atoms with Gasteiger partial charge in [-0.05, 0) is 22.8 Å². The van der Waals surface area contributed by atoms with E-state index < -0.39 is 0 Å². The number of H-pyrrole nitrogens is 1. The predicted octanol–water partition coefficient (Wildman–Crippen LogP) is 3.12. The van der Waals surface area contributed by atoms with E-state index >= 15 is 0 Å². The van der Waals surface area contributed by atoms with Crippen LogP contribution >= 0.6 is 0 Å². The Labute approximate surface area is 181 Å². The van der Waals surface area contributed by atoms with E-state index in [0.29, 0.717) is 31.9 Å².